The Morgan fingerprint density at radius 2 is 1.84 bits per heavy atom. The van der Waals surface area contributed by atoms with Crippen LogP contribution in [0.5, 0.6) is 0 Å². The number of hydrogen-bond donors (Lipinski definition) is 3. The number of unbranched alkanes of at least 4 members (excludes halogenated alkanes) is 1. The first kappa shape index (κ1) is 30.2. The third-order valence-electron chi connectivity index (χ3n) is 7.51. The van der Waals surface area contributed by atoms with Crippen LogP contribution in [0.2, 0.25) is 0 Å². The van der Waals surface area contributed by atoms with Crippen LogP contribution < -0.4 is 10.6 Å². The number of fused-ring (bicyclic) bond motifs is 1. The molecule has 2 aliphatic rings. The van der Waals surface area contributed by atoms with E-state index in [2.05, 4.69) is 31.4 Å². The largest absolute Gasteiger partial charge is 0.396 e. The molecule has 0 bridgehead atoms. The number of aliphatic hydroxyl groups excluding tert-OH is 1. The fourth-order valence-corrected chi connectivity index (χ4v) is 6.69. The van der Waals surface area contributed by atoms with Crippen molar-refractivity contribution in [3.63, 3.8) is 0 Å². The molecular formula is C29H43N3O5S. The highest BCUT2D eigenvalue weighted by Crippen LogP contribution is 2.37. The molecule has 9 heteroatoms. The summed E-state index contributed by atoms with van der Waals surface area (Å²) in [6.45, 7) is 8.35. The van der Waals surface area contributed by atoms with Gasteiger partial charge in [-0.15, -0.1) is 0 Å². The van der Waals surface area contributed by atoms with Gasteiger partial charge in [0, 0.05) is 48.5 Å². The Kier molecular flexibility index (Phi) is 10.8. The summed E-state index contributed by atoms with van der Waals surface area (Å²) in [4.78, 5) is 51.6. The van der Waals surface area contributed by atoms with Gasteiger partial charge in [-0.3, -0.25) is 19.3 Å². The Hall–Kier alpha value is -2.39. The summed E-state index contributed by atoms with van der Waals surface area (Å²) in [6.07, 6.45) is 4.58. The van der Waals surface area contributed by atoms with Gasteiger partial charge in [-0.1, -0.05) is 46.2 Å². The number of imide groups is 1. The van der Waals surface area contributed by atoms with Crippen molar-refractivity contribution in [1.82, 2.24) is 15.5 Å². The number of amides is 4. The molecule has 3 N–H and O–H groups in total. The zero-order chi connectivity index (χ0) is 27.9. The Balaban J connectivity index is 1.41. The van der Waals surface area contributed by atoms with E-state index in [1.165, 1.54) is 4.90 Å². The number of benzene rings is 1. The molecule has 0 aliphatic carbocycles. The number of ketones is 1. The van der Waals surface area contributed by atoms with Crippen molar-refractivity contribution in [2.24, 2.45) is 0 Å². The second-order valence-corrected chi connectivity index (χ2v) is 12.7. The second kappa shape index (κ2) is 13.6. The van der Waals surface area contributed by atoms with Crippen molar-refractivity contribution in [3.05, 3.63) is 35.4 Å². The maximum Gasteiger partial charge on any atom is 0.325 e. The molecule has 1 aromatic carbocycles. The van der Waals surface area contributed by atoms with Crippen molar-refractivity contribution in [2.75, 3.05) is 12.4 Å². The summed E-state index contributed by atoms with van der Waals surface area (Å²) >= 11 is 1.78. The van der Waals surface area contributed by atoms with Gasteiger partial charge in [-0.25, -0.2) is 4.79 Å². The average Bonchev–Trinajstić information content (AvgIpc) is 3.41. The molecule has 0 saturated carbocycles. The van der Waals surface area contributed by atoms with E-state index < -0.39 is 0 Å². The number of thioether (sulfide) groups is 1. The zero-order valence-electron chi connectivity index (χ0n) is 23.1. The number of nitrogens with one attached hydrogen (secondary N) is 2. The Bertz CT molecular complexity index is 991. The molecule has 4 amide bonds. The maximum atomic E-state index is 13.2. The minimum Gasteiger partial charge on any atom is -0.396 e. The first-order chi connectivity index (χ1) is 18.0. The van der Waals surface area contributed by atoms with E-state index in [1.807, 2.05) is 19.1 Å². The van der Waals surface area contributed by atoms with Crippen molar-refractivity contribution >= 4 is 35.4 Å². The van der Waals surface area contributed by atoms with Gasteiger partial charge in [-0.05, 0) is 48.8 Å². The van der Waals surface area contributed by atoms with Crippen LogP contribution in [0.1, 0.15) is 95.0 Å². The minimum absolute atomic E-state index is 0.00877. The van der Waals surface area contributed by atoms with Gasteiger partial charge in [0.15, 0.2) is 0 Å². The molecule has 38 heavy (non-hydrogen) atoms. The standard InChI is InChI=1S/C29H43N3O5S/c1-5-21(16-17-33)30-25(35)15-14-22(34)8-6-7-9-24-26-23(18-38-24)32(28(37)31-26)27(36)19-10-12-20(13-11-19)29(2,3)4/h10-13,21,23-24,26,33H,5-9,14-18H2,1-4H3,(H,30,35)(H,31,37)/t21?,23-,24-,26-/m0/s1. The van der Waals surface area contributed by atoms with Crippen molar-refractivity contribution < 1.29 is 24.3 Å². The lowest BCUT2D eigenvalue weighted by atomic mass is 9.86. The molecular weight excluding hydrogens is 502 g/mol. The first-order valence-corrected chi connectivity index (χ1v) is 14.9. The normalized spacial score (nSPS) is 21.7. The second-order valence-electron chi connectivity index (χ2n) is 11.4. The van der Waals surface area contributed by atoms with E-state index in [4.69, 9.17) is 5.11 Å². The van der Waals surface area contributed by atoms with E-state index in [9.17, 15) is 19.2 Å². The number of carbonyl (C=O) groups excluding carboxylic acids is 4. The smallest absolute Gasteiger partial charge is 0.325 e. The number of aliphatic hydroxyl groups is 1. The van der Waals surface area contributed by atoms with E-state index in [0.29, 0.717) is 24.2 Å². The van der Waals surface area contributed by atoms with Gasteiger partial charge >= 0.3 is 6.03 Å². The summed E-state index contributed by atoms with van der Waals surface area (Å²) in [6, 6.07) is 6.91. The van der Waals surface area contributed by atoms with E-state index >= 15 is 0 Å². The molecule has 2 heterocycles. The van der Waals surface area contributed by atoms with E-state index in [-0.39, 0.29) is 71.9 Å². The molecule has 0 radical (unpaired) electrons. The summed E-state index contributed by atoms with van der Waals surface area (Å²) in [5.41, 5.74) is 1.65. The number of nitrogens with zero attached hydrogens (tertiary/aromatic N) is 1. The molecule has 2 fully saturated rings. The molecule has 1 aromatic rings. The molecule has 2 aliphatic heterocycles. The molecule has 0 aromatic heterocycles. The summed E-state index contributed by atoms with van der Waals surface area (Å²) in [5, 5.41) is 15.1. The van der Waals surface area contributed by atoms with Crippen molar-refractivity contribution in [1.29, 1.82) is 0 Å². The molecule has 0 spiro atoms. The van der Waals surface area contributed by atoms with Gasteiger partial charge in [0.2, 0.25) is 5.91 Å². The molecule has 1 unspecified atom stereocenters. The topological polar surface area (TPSA) is 116 Å². The van der Waals surface area contributed by atoms with Gasteiger partial charge in [0.25, 0.3) is 5.91 Å². The van der Waals surface area contributed by atoms with Crippen LogP contribution in [0, 0.1) is 0 Å². The Labute approximate surface area is 230 Å². The third kappa shape index (κ3) is 7.82. The van der Waals surface area contributed by atoms with Crippen LogP contribution in [0.4, 0.5) is 4.79 Å². The van der Waals surface area contributed by atoms with E-state index in [0.717, 1.165) is 31.2 Å². The van der Waals surface area contributed by atoms with Gasteiger partial charge in [-0.2, -0.15) is 11.8 Å². The zero-order valence-corrected chi connectivity index (χ0v) is 23.9. The highest BCUT2D eigenvalue weighted by Gasteiger charge is 2.50. The number of urea groups is 1. The predicted molar refractivity (Wildman–Crippen MR) is 150 cm³/mol. The maximum absolute atomic E-state index is 13.2. The van der Waals surface area contributed by atoms with Crippen molar-refractivity contribution in [3.8, 4) is 0 Å². The lowest BCUT2D eigenvalue weighted by molar-refractivity contribution is -0.126. The van der Waals surface area contributed by atoms with Crippen LogP contribution in [0.15, 0.2) is 24.3 Å². The quantitative estimate of drug-likeness (QED) is 0.253. The molecule has 4 atom stereocenters. The van der Waals surface area contributed by atoms with Crippen LogP contribution in [-0.4, -0.2) is 69.4 Å². The van der Waals surface area contributed by atoms with Crippen LogP contribution in [0.25, 0.3) is 0 Å². The number of rotatable bonds is 13. The molecule has 8 nitrogen and oxygen atoms in total. The average molecular weight is 546 g/mol. The van der Waals surface area contributed by atoms with Crippen LogP contribution >= 0.6 is 11.8 Å². The first-order valence-electron chi connectivity index (χ1n) is 13.8. The lowest BCUT2D eigenvalue weighted by Gasteiger charge is -2.22. The number of Topliss-reactive ketones (excluding diaryl/α,β-unsaturated/α-hetero) is 1. The summed E-state index contributed by atoms with van der Waals surface area (Å²) in [5.74, 6) is 0.389. The Morgan fingerprint density at radius 3 is 2.47 bits per heavy atom. The monoisotopic (exact) mass is 545 g/mol. The summed E-state index contributed by atoms with van der Waals surface area (Å²) < 4.78 is 0. The highest BCUT2D eigenvalue weighted by atomic mass is 32.2. The van der Waals surface area contributed by atoms with Gasteiger partial charge < -0.3 is 15.7 Å². The van der Waals surface area contributed by atoms with Gasteiger partial charge in [0.05, 0.1) is 12.1 Å². The third-order valence-corrected chi connectivity index (χ3v) is 9.01. The summed E-state index contributed by atoms with van der Waals surface area (Å²) in [7, 11) is 0. The fraction of sp³-hybridized carbons (Fsp3) is 0.655. The van der Waals surface area contributed by atoms with Crippen molar-refractivity contribution in [2.45, 2.75) is 108 Å². The number of hydrogen-bond acceptors (Lipinski definition) is 6. The number of carbonyl (C=O) groups is 4. The van der Waals surface area contributed by atoms with E-state index in [1.54, 1.807) is 23.9 Å². The molecule has 210 valence electrons. The Morgan fingerprint density at radius 1 is 1.13 bits per heavy atom. The highest BCUT2D eigenvalue weighted by molar-refractivity contribution is 8.00. The predicted octanol–water partition coefficient (Wildman–Crippen LogP) is 4.19. The van der Waals surface area contributed by atoms with Gasteiger partial charge in [0.1, 0.15) is 5.78 Å². The minimum atomic E-state index is -0.326. The molecule has 3 rings (SSSR count). The van der Waals surface area contributed by atoms with Crippen LogP contribution in [-0.2, 0) is 15.0 Å². The van der Waals surface area contributed by atoms with Crippen LogP contribution in [0.3, 0.4) is 0 Å². The molecule has 2 saturated heterocycles. The lowest BCUT2D eigenvalue weighted by Crippen LogP contribution is -2.41. The SMILES string of the molecule is CCC(CCO)NC(=O)CCC(=O)CCCC[C@@H]1SC[C@H]2[C@@H]1NC(=O)N2C(=O)c1ccc(C(C)(C)C)cc1. The fourth-order valence-electron chi connectivity index (χ4n) is 5.10.